The molecular formula is C29H37F3N4O3. The van der Waals surface area contributed by atoms with Gasteiger partial charge in [-0.15, -0.1) is 0 Å². The molecule has 0 unspecified atom stereocenters. The van der Waals surface area contributed by atoms with Gasteiger partial charge in [-0.25, -0.2) is 0 Å². The second kappa shape index (κ2) is 12.3. The maximum Gasteiger partial charge on any atom is 0.416 e. The van der Waals surface area contributed by atoms with E-state index in [0.717, 1.165) is 24.7 Å². The number of carbonyl (C=O) groups is 2. The third-order valence-electron chi connectivity index (χ3n) is 7.97. The van der Waals surface area contributed by atoms with E-state index in [4.69, 9.17) is 0 Å². The molecule has 0 spiro atoms. The summed E-state index contributed by atoms with van der Waals surface area (Å²) in [5.41, 5.74) is 1.57. The standard InChI is InChI=1S/C29H37F3N4O3/c1-33(2)25-8-6-21(7-9-25)28(39)36-13-11-22(18-27(37)38)23(20-36)10-12-34-14-16-35(17-15-34)26-5-3-4-24(19-26)29(30,31)32/h3-9,19,22-23H,10-18,20H2,1-2H3,(H,37,38)/t22-,23-/m0/s1. The lowest BCUT2D eigenvalue weighted by Crippen LogP contribution is -2.48. The van der Waals surface area contributed by atoms with E-state index in [1.54, 1.807) is 6.07 Å². The van der Waals surface area contributed by atoms with Gasteiger partial charge in [-0.1, -0.05) is 6.07 Å². The Balaban J connectivity index is 1.34. The highest BCUT2D eigenvalue weighted by molar-refractivity contribution is 5.94. The predicted octanol–water partition coefficient (Wildman–Crippen LogP) is 4.54. The molecule has 2 heterocycles. The first-order valence-electron chi connectivity index (χ1n) is 13.4. The summed E-state index contributed by atoms with van der Waals surface area (Å²) in [6.45, 7) is 4.50. The van der Waals surface area contributed by atoms with Crippen molar-refractivity contribution in [2.45, 2.75) is 25.4 Å². The number of carboxylic acid groups (broad SMARTS) is 1. The highest BCUT2D eigenvalue weighted by Gasteiger charge is 2.34. The highest BCUT2D eigenvalue weighted by atomic mass is 19.4. The molecule has 7 nitrogen and oxygen atoms in total. The maximum atomic E-state index is 13.2. The Morgan fingerprint density at radius 2 is 1.67 bits per heavy atom. The molecule has 1 N–H and O–H groups in total. The van der Waals surface area contributed by atoms with Crippen LogP contribution in [0.4, 0.5) is 24.5 Å². The number of aliphatic carboxylic acids is 1. The summed E-state index contributed by atoms with van der Waals surface area (Å²) in [5.74, 6) is -0.775. The second-order valence-electron chi connectivity index (χ2n) is 10.8. The van der Waals surface area contributed by atoms with E-state index in [2.05, 4.69) is 4.90 Å². The van der Waals surface area contributed by atoms with Crippen molar-refractivity contribution in [2.24, 2.45) is 11.8 Å². The molecule has 0 bridgehead atoms. The summed E-state index contributed by atoms with van der Waals surface area (Å²) < 4.78 is 39.3. The first-order chi connectivity index (χ1) is 18.5. The van der Waals surface area contributed by atoms with Crippen LogP contribution in [0.3, 0.4) is 0 Å². The molecule has 0 aliphatic carbocycles. The molecule has 2 fully saturated rings. The third kappa shape index (κ3) is 7.44. The van der Waals surface area contributed by atoms with Gasteiger partial charge >= 0.3 is 12.1 Å². The average molecular weight is 547 g/mol. The Morgan fingerprint density at radius 3 is 2.28 bits per heavy atom. The summed E-state index contributed by atoms with van der Waals surface area (Å²) in [6, 6.07) is 12.9. The molecule has 10 heteroatoms. The van der Waals surface area contributed by atoms with Gasteiger partial charge < -0.3 is 19.8 Å². The molecule has 2 atom stereocenters. The number of nitrogens with zero attached hydrogens (tertiary/aromatic N) is 4. The number of piperidine rings is 1. The Labute approximate surface area is 227 Å². The van der Waals surface area contributed by atoms with Gasteiger partial charge in [0.1, 0.15) is 0 Å². The molecule has 0 aromatic heterocycles. The van der Waals surface area contributed by atoms with Crippen LogP contribution in [0.15, 0.2) is 48.5 Å². The van der Waals surface area contributed by atoms with E-state index in [1.165, 1.54) is 12.1 Å². The van der Waals surface area contributed by atoms with Gasteiger partial charge in [-0.3, -0.25) is 14.5 Å². The van der Waals surface area contributed by atoms with Crippen LogP contribution in [0, 0.1) is 11.8 Å². The molecule has 2 aliphatic rings. The first-order valence-corrected chi connectivity index (χ1v) is 13.4. The van der Waals surface area contributed by atoms with Crippen LogP contribution in [0.1, 0.15) is 35.2 Å². The molecule has 0 radical (unpaired) electrons. The first kappa shape index (κ1) is 28.7. The minimum atomic E-state index is -4.37. The van der Waals surface area contributed by atoms with Crippen molar-refractivity contribution in [2.75, 3.05) is 69.7 Å². The third-order valence-corrected chi connectivity index (χ3v) is 7.97. The summed E-state index contributed by atoms with van der Waals surface area (Å²) >= 11 is 0. The smallest absolute Gasteiger partial charge is 0.416 e. The number of benzene rings is 2. The number of anilines is 2. The number of hydrogen-bond acceptors (Lipinski definition) is 5. The van der Waals surface area contributed by atoms with Crippen LogP contribution in [-0.4, -0.2) is 86.7 Å². The van der Waals surface area contributed by atoms with E-state index in [0.29, 0.717) is 56.9 Å². The topological polar surface area (TPSA) is 67.3 Å². The molecule has 1 amide bonds. The van der Waals surface area contributed by atoms with E-state index >= 15 is 0 Å². The minimum Gasteiger partial charge on any atom is -0.481 e. The van der Waals surface area contributed by atoms with E-state index in [1.807, 2.05) is 53.1 Å². The quantitative estimate of drug-likeness (QED) is 0.525. The van der Waals surface area contributed by atoms with Crippen LogP contribution in [-0.2, 0) is 11.0 Å². The number of amides is 1. The fourth-order valence-corrected chi connectivity index (χ4v) is 5.63. The predicted molar refractivity (Wildman–Crippen MR) is 145 cm³/mol. The Hall–Kier alpha value is -3.27. The SMILES string of the molecule is CN(C)c1ccc(C(=O)N2CC[C@@H](CC(=O)O)[C@@H](CCN3CCN(c4cccc(C(F)(F)F)c4)CC3)C2)cc1. The minimum absolute atomic E-state index is 0.00839. The number of alkyl halides is 3. The lowest BCUT2D eigenvalue weighted by molar-refractivity contribution is -0.139. The van der Waals surface area contributed by atoms with Crippen LogP contribution >= 0.6 is 0 Å². The van der Waals surface area contributed by atoms with E-state index in [9.17, 15) is 27.9 Å². The van der Waals surface area contributed by atoms with Crippen molar-refractivity contribution in [3.8, 4) is 0 Å². The molecule has 4 rings (SSSR count). The van der Waals surface area contributed by atoms with Crippen molar-refractivity contribution in [1.82, 2.24) is 9.80 Å². The fraction of sp³-hybridized carbons (Fsp3) is 0.517. The summed E-state index contributed by atoms with van der Waals surface area (Å²) in [7, 11) is 3.89. The number of piperazine rings is 1. The summed E-state index contributed by atoms with van der Waals surface area (Å²) in [6.07, 6.45) is -2.85. The molecule has 2 aliphatic heterocycles. The van der Waals surface area contributed by atoms with Gasteiger partial charge in [0.2, 0.25) is 0 Å². The van der Waals surface area contributed by atoms with Gasteiger partial charge in [-0.05, 0) is 73.7 Å². The number of halogens is 3. The lowest BCUT2D eigenvalue weighted by atomic mass is 9.81. The van der Waals surface area contributed by atoms with Crippen molar-refractivity contribution in [3.05, 3.63) is 59.7 Å². The largest absolute Gasteiger partial charge is 0.481 e. The fourth-order valence-electron chi connectivity index (χ4n) is 5.63. The lowest BCUT2D eigenvalue weighted by Gasteiger charge is -2.40. The molecule has 2 saturated heterocycles. The Morgan fingerprint density at radius 1 is 0.974 bits per heavy atom. The van der Waals surface area contributed by atoms with Crippen molar-refractivity contribution in [1.29, 1.82) is 0 Å². The summed E-state index contributed by atoms with van der Waals surface area (Å²) in [4.78, 5) is 32.8. The van der Waals surface area contributed by atoms with Crippen LogP contribution < -0.4 is 9.80 Å². The normalized spacial score (nSPS) is 20.6. The molecule has 2 aromatic carbocycles. The Kier molecular flexibility index (Phi) is 9.04. The van der Waals surface area contributed by atoms with Gasteiger partial charge in [0.05, 0.1) is 5.56 Å². The molecule has 0 saturated carbocycles. The average Bonchev–Trinajstić information content (AvgIpc) is 2.92. The number of rotatable bonds is 8. The van der Waals surface area contributed by atoms with Gasteiger partial charge in [0.15, 0.2) is 0 Å². The van der Waals surface area contributed by atoms with Crippen molar-refractivity contribution >= 4 is 23.3 Å². The van der Waals surface area contributed by atoms with E-state index in [-0.39, 0.29) is 24.2 Å². The number of hydrogen-bond donors (Lipinski definition) is 1. The molecule has 39 heavy (non-hydrogen) atoms. The van der Waals surface area contributed by atoms with Crippen molar-refractivity contribution < 1.29 is 27.9 Å². The maximum absolute atomic E-state index is 13.2. The van der Waals surface area contributed by atoms with Crippen LogP contribution in [0.5, 0.6) is 0 Å². The zero-order valence-corrected chi connectivity index (χ0v) is 22.5. The summed E-state index contributed by atoms with van der Waals surface area (Å²) in [5, 5.41) is 9.46. The van der Waals surface area contributed by atoms with Gasteiger partial charge in [0, 0.05) is 76.7 Å². The number of likely N-dealkylation sites (tertiary alicyclic amines) is 1. The van der Waals surface area contributed by atoms with Gasteiger partial charge in [-0.2, -0.15) is 13.2 Å². The molecular weight excluding hydrogens is 509 g/mol. The molecule has 212 valence electrons. The van der Waals surface area contributed by atoms with Crippen LogP contribution in [0.2, 0.25) is 0 Å². The number of carbonyl (C=O) groups excluding carboxylic acids is 1. The Bertz CT molecular complexity index is 1130. The second-order valence-corrected chi connectivity index (χ2v) is 10.8. The van der Waals surface area contributed by atoms with Crippen LogP contribution in [0.25, 0.3) is 0 Å². The zero-order valence-electron chi connectivity index (χ0n) is 22.5. The monoisotopic (exact) mass is 546 g/mol. The molecule has 2 aromatic rings. The van der Waals surface area contributed by atoms with Crippen molar-refractivity contribution in [3.63, 3.8) is 0 Å². The number of carboxylic acids is 1. The van der Waals surface area contributed by atoms with E-state index < -0.39 is 17.7 Å². The highest BCUT2D eigenvalue weighted by Crippen LogP contribution is 2.33. The zero-order chi connectivity index (χ0) is 28.2. The van der Waals surface area contributed by atoms with Gasteiger partial charge in [0.25, 0.3) is 5.91 Å².